The van der Waals surface area contributed by atoms with Crippen molar-refractivity contribution in [2.75, 3.05) is 18.2 Å². The van der Waals surface area contributed by atoms with Gasteiger partial charge in [-0.05, 0) is 5.56 Å². The minimum atomic E-state index is 0.603. The second-order valence-electron chi connectivity index (χ2n) is 3.67. The molecule has 3 N–H and O–H groups in total. The third kappa shape index (κ3) is 2.66. The van der Waals surface area contributed by atoms with Crippen LogP contribution in [0.25, 0.3) is 0 Å². The Bertz CT molecular complexity index is 491. The second-order valence-corrected chi connectivity index (χ2v) is 3.67. The lowest BCUT2D eigenvalue weighted by Crippen LogP contribution is -2.03. The highest BCUT2D eigenvalue weighted by Crippen LogP contribution is 2.15. The van der Waals surface area contributed by atoms with Gasteiger partial charge in [-0.25, -0.2) is 4.98 Å². The van der Waals surface area contributed by atoms with E-state index in [4.69, 9.17) is 10.5 Å². The number of nitrogens with one attached hydrogen (secondary N) is 1. The summed E-state index contributed by atoms with van der Waals surface area (Å²) >= 11 is 0. The number of methoxy groups -OCH3 is 1. The normalized spacial score (nSPS) is 10.2. The van der Waals surface area contributed by atoms with Crippen LogP contribution >= 0.6 is 0 Å². The molecule has 2 aromatic heterocycles. The molecule has 0 saturated carbocycles. The Morgan fingerprint density at radius 1 is 1.47 bits per heavy atom. The van der Waals surface area contributed by atoms with Crippen molar-refractivity contribution in [1.29, 1.82) is 0 Å². The van der Waals surface area contributed by atoms with E-state index in [2.05, 4.69) is 15.4 Å². The number of hydrogen-bond donors (Lipinski definition) is 2. The predicted molar refractivity (Wildman–Crippen MR) is 65.7 cm³/mol. The minimum Gasteiger partial charge on any atom is -0.481 e. The fourth-order valence-corrected chi connectivity index (χ4v) is 1.47. The summed E-state index contributed by atoms with van der Waals surface area (Å²) in [7, 11) is 3.42. The van der Waals surface area contributed by atoms with Crippen LogP contribution in [0.5, 0.6) is 5.88 Å². The number of nitrogens with two attached hydrogens (primary N) is 1. The number of anilines is 2. The summed E-state index contributed by atoms with van der Waals surface area (Å²) in [6.07, 6.45) is 3.51. The van der Waals surface area contributed by atoms with Crippen molar-refractivity contribution in [3.05, 3.63) is 30.1 Å². The summed E-state index contributed by atoms with van der Waals surface area (Å²) in [6.45, 7) is 0.623. The van der Waals surface area contributed by atoms with E-state index in [0.717, 1.165) is 5.56 Å². The summed E-state index contributed by atoms with van der Waals surface area (Å²) in [5, 5.41) is 7.34. The second kappa shape index (κ2) is 4.73. The first-order valence-electron chi connectivity index (χ1n) is 5.21. The zero-order valence-corrected chi connectivity index (χ0v) is 9.84. The third-order valence-corrected chi connectivity index (χ3v) is 2.32. The van der Waals surface area contributed by atoms with Crippen LogP contribution in [0.2, 0.25) is 0 Å². The zero-order chi connectivity index (χ0) is 12.3. The molecule has 17 heavy (non-hydrogen) atoms. The van der Waals surface area contributed by atoms with Crippen LogP contribution in [0.4, 0.5) is 11.5 Å². The standard InChI is InChI=1S/C11H15N5O/c1-16-7-9(12)11(15-16)14-6-8-3-4-10(17-2)13-5-8/h3-5,7H,6,12H2,1-2H3,(H,14,15). The molecule has 90 valence electrons. The highest BCUT2D eigenvalue weighted by molar-refractivity contribution is 5.59. The summed E-state index contributed by atoms with van der Waals surface area (Å²) in [4.78, 5) is 4.12. The topological polar surface area (TPSA) is 78.0 Å². The molecule has 0 bridgehead atoms. The van der Waals surface area contributed by atoms with Crippen LogP contribution in [-0.4, -0.2) is 21.9 Å². The Labute approximate surface area is 99.4 Å². The summed E-state index contributed by atoms with van der Waals surface area (Å²) in [5.41, 5.74) is 7.44. The van der Waals surface area contributed by atoms with Crippen molar-refractivity contribution in [2.45, 2.75) is 6.54 Å². The molecule has 6 nitrogen and oxygen atoms in total. The van der Waals surface area contributed by atoms with Gasteiger partial charge >= 0.3 is 0 Å². The maximum atomic E-state index is 5.77. The Kier molecular flexibility index (Phi) is 3.13. The van der Waals surface area contributed by atoms with Crippen molar-refractivity contribution in [3.63, 3.8) is 0 Å². The van der Waals surface area contributed by atoms with Crippen molar-refractivity contribution < 1.29 is 4.74 Å². The van der Waals surface area contributed by atoms with Crippen LogP contribution in [-0.2, 0) is 13.6 Å². The van der Waals surface area contributed by atoms with E-state index in [1.165, 1.54) is 0 Å². The van der Waals surface area contributed by atoms with E-state index in [-0.39, 0.29) is 0 Å². The molecule has 0 amide bonds. The van der Waals surface area contributed by atoms with Crippen LogP contribution in [0.15, 0.2) is 24.5 Å². The van der Waals surface area contributed by atoms with Gasteiger partial charge in [-0.3, -0.25) is 4.68 Å². The Hall–Kier alpha value is -2.24. The van der Waals surface area contributed by atoms with Crippen LogP contribution in [0.1, 0.15) is 5.56 Å². The van der Waals surface area contributed by atoms with Crippen molar-refractivity contribution >= 4 is 11.5 Å². The Morgan fingerprint density at radius 2 is 2.29 bits per heavy atom. The van der Waals surface area contributed by atoms with Gasteiger partial charge in [0.25, 0.3) is 0 Å². The number of aromatic nitrogens is 3. The molecule has 0 aliphatic heterocycles. The maximum Gasteiger partial charge on any atom is 0.212 e. The van der Waals surface area contributed by atoms with Crippen LogP contribution in [0.3, 0.4) is 0 Å². The first-order valence-corrected chi connectivity index (χ1v) is 5.21. The van der Waals surface area contributed by atoms with Crippen LogP contribution in [0, 0.1) is 0 Å². The molecule has 6 heteroatoms. The van der Waals surface area contributed by atoms with Gasteiger partial charge < -0.3 is 15.8 Å². The van der Waals surface area contributed by atoms with Gasteiger partial charge in [-0.1, -0.05) is 6.07 Å². The number of ether oxygens (including phenoxy) is 1. The average molecular weight is 233 g/mol. The van der Waals surface area contributed by atoms with Crippen molar-refractivity contribution in [1.82, 2.24) is 14.8 Å². The van der Waals surface area contributed by atoms with Crippen molar-refractivity contribution in [3.8, 4) is 5.88 Å². The monoisotopic (exact) mass is 233 g/mol. The quantitative estimate of drug-likeness (QED) is 0.824. The lowest BCUT2D eigenvalue weighted by molar-refractivity contribution is 0.397. The zero-order valence-electron chi connectivity index (χ0n) is 9.84. The summed E-state index contributed by atoms with van der Waals surface area (Å²) in [5.74, 6) is 1.29. The van der Waals surface area contributed by atoms with E-state index in [1.54, 1.807) is 24.2 Å². The van der Waals surface area contributed by atoms with Gasteiger partial charge in [0.15, 0.2) is 5.82 Å². The van der Waals surface area contributed by atoms with Gasteiger partial charge in [0, 0.05) is 32.1 Å². The molecule has 0 aliphatic rings. The predicted octanol–water partition coefficient (Wildman–Crippen LogP) is 1.02. The highest BCUT2D eigenvalue weighted by atomic mass is 16.5. The molecule has 0 fully saturated rings. The first kappa shape index (κ1) is 11.3. The van der Waals surface area contributed by atoms with Gasteiger partial charge in [-0.2, -0.15) is 5.10 Å². The molecule has 0 aromatic carbocycles. The van der Waals surface area contributed by atoms with E-state index in [0.29, 0.717) is 23.9 Å². The summed E-state index contributed by atoms with van der Waals surface area (Å²) in [6, 6.07) is 3.76. The van der Waals surface area contributed by atoms with Gasteiger partial charge in [0.2, 0.25) is 5.88 Å². The smallest absolute Gasteiger partial charge is 0.212 e. The Balaban J connectivity index is 1.99. The molecular weight excluding hydrogens is 218 g/mol. The Morgan fingerprint density at radius 3 is 2.82 bits per heavy atom. The fraction of sp³-hybridized carbons (Fsp3) is 0.273. The number of hydrogen-bond acceptors (Lipinski definition) is 5. The molecule has 2 heterocycles. The van der Waals surface area contributed by atoms with E-state index >= 15 is 0 Å². The maximum absolute atomic E-state index is 5.77. The highest BCUT2D eigenvalue weighted by Gasteiger charge is 2.03. The number of aryl methyl sites for hydroxylation is 1. The van der Waals surface area contributed by atoms with E-state index in [9.17, 15) is 0 Å². The molecule has 0 atom stereocenters. The largest absolute Gasteiger partial charge is 0.481 e. The number of nitrogens with zero attached hydrogens (tertiary/aromatic N) is 3. The lowest BCUT2D eigenvalue weighted by atomic mass is 10.3. The molecule has 0 spiro atoms. The molecule has 0 saturated heterocycles. The molecule has 2 rings (SSSR count). The average Bonchev–Trinajstić information content (AvgIpc) is 2.66. The third-order valence-electron chi connectivity index (χ3n) is 2.32. The summed E-state index contributed by atoms with van der Waals surface area (Å²) < 4.78 is 6.66. The number of nitrogen functional groups attached to an aromatic ring is 1. The number of pyridine rings is 1. The number of rotatable bonds is 4. The van der Waals surface area contributed by atoms with Gasteiger partial charge in [-0.15, -0.1) is 0 Å². The first-order chi connectivity index (χ1) is 8.19. The molecular formula is C11H15N5O. The minimum absolute atomic E-state index is 0.603. The lowest BCUT2D eigenvalue weighted by Gasteiger charge is -2.04. The SMILES string of the molecule is COc1ccc(CNc2nn(C)cc2N)cn1. The fourth-order valence-electron chi connectivity index (χ4n) is 1.47. The molecule has 2 aromatic rings. The molecule has 0 aliphatic carbocycles. The van der Waals surface area contributed by atoms with Gasteiger partial charge in [0.1, 0.15) is 0 Å². The molecule has 0 unspecified atom stereocenters. The van der Waals surface area contributed by atoms with E-state index < -0.39 is 0 Å². The van der Waals surface area contributed by atoms with Crippen molar-refractivity contribution in [2.24, 2.45) is 7.05 Å². The van der Waals surface area contributed by atoms with Crippen LogP contribution < -0.4 is 15.8 Å². The van der Waals surface area contributed by atoms with Gasteiger partial charge in [0.05, 0.1) is 12.8 Å². The molecule has 0 radical (unpaired) electrons. The van der Waals surface area contributed by atoms with E-state index in [1.807, 2.05) is 19.2 Å².